The SMILES string of the molecule is FCC(F)C(F)(F)C(F)(F)F.FCC(F)C(F)(F)C(F)(F)F. The molecule has 0 N–H and O–H groups in total. The van der Waals surface area contributed by atoms with Crippen LogP contribution in [0.15, 0.2) is 0 Å². The molecule has 0 spiro atoms. The molecule has 2 atom stereocenters. The number of hydrogen-bond donors (Lipinski definition) is 0. The van der Waals surface area contributed by atoms with E-state index >= 15 is 0 Å². The first-order chi connectivity index (χ1) is 9.46. The molecule has 0 fully saturated rings. The lowest BCUT2D eigenvalue weighted by atomic mass is 10.2. The maximum Gasteiger partial charge on any atom is 0.456 e. The predicted molar refractivity (Wildman–Crippen MR) is 43.7 cm³/mol. The Morgan fingerprint density at radius 1 is 0.500 bits per heavy atom. The van der Waals surface area contributed by atoms with E-state index in [4.69, 9.17) is 0 Å². The van der Waals surface area contributed by atoms with Gasteiger partial charge in [0.05, 0.1) is 0 Å². The van der Waals surface area contributed by atoms with Crippen molar-refractivity contribution in [1.29, 1.82) is 0 Å². The summed E-state index contributed by atoms with van der Waals surface area (Å²) in [7, 11) is 0. The Kier molecular flexibility index (Phi) is 7.97. The molecule has 22 heavy (non-hydrogen) atoms. The molecule has 0 aliphatic heterocycles. The highest BCUT2D eigenvalue weighted by atomic mass is 19.4. The van der Waals surface area contributed by atoms with Crippen LogP contribution in [0.3, 0.4) is 0 Å². The Bertz CT molecular complexity index is 282. The van der Waals surface area contributed by atoms with Crippen LogP contribution >= 0.6 is 0 Å². The van der Waals surface area contributed by atoms with Gasteiger partial charge in [0.25, 0.3) is 0 Å². The van der Waals surface area contributed by atoms with E-state index in [9.17, 15) is 61.5 Å². The van der Waals surface area contributed by atoms with Crippen molar-refractivity contribution in [3.05, 3.63) is 0 Å². The highest BCUT2D eigenvalue weighted by Gasteiger charge is 2.64. The van der Waals surface area contributed by atoms with Gasteiger partial charge in [-0.05, 0) is 0 Å². The second-order valence-electron chi connectivity index (χ2n) is 3.49. The first-order valence-electron chi connectivity index (χ1n) is 4.75. The minimum absolute atomic E-state index is 2.35. The van der Waals surface area contributed by atoms with Crippen LogP contribution in [0.4, 0.5) is 61.5 Å². The van der Waals surface area contributed by atoms with Gasteiger partial charge in [0.15, 0.2) is 0 Å². The van der Waals surface area contributed by atoms with Gasteiger partial charge in [-0.25, -0.2) is 17.6 Å². The van der Waals surface area contributed by atoms with Crippen LogP contribution < -0.4 is 0 Å². The van der Waals surface area contributed by atoms with Crippen LogP contribution in [0.2, 0.25) is 0 Å². The number of alkyl halides is 14. The zero-order valence-corrected chi connectivity index (χ0v) is 9.86. The van der Waals surface area contributed by atoms with E-state index in [0.717, 1.165) is 0 Å². The topological polar surface area (TPSA) is 0 Å². The summed E-state index contributed by atoms with van der Waals surface area (Å²) >= 11 is 0. The first-order valence-corrected chi connectivity index (χ1v) is 4.75. The Morgan fingerprint density at radius 2 is 0.682 bits per heavy atom. The molecular weight excluding hydrogens is 362 g/mol. The quantitative estimate of drug-likeness (QED) is 0.614. The summed E-state index contributed by atoms with van der Waals surface area (Å²) < 4.78 is 158. The molecule has 0 heterocycles. The molecule has 0 aromatic carbocycles. The molecular formula is C8H6F14. The summed E-state index contributed by atoms with van der Waals surface area (Å²) in [6.45, 7) is -4.71. The molecule has 2 unspecified atom stereocenters. The van der Waals surface area contributed by atoms with E-state index in [2.05, 4.69) is 0 Å². The fourth-order valence-electron chi connectivity index (χ4n) is 0.549. The average molecular weight is 368 g/mol. The summed E-state index contributed by atoms with van der Waals surface area (Å²) in [4.78, 5) is 0. The molecule has 0 aliphatic rings. The van der Waals surface area contributed by atoms with Gasteiger partial charge in [0.2, 0.25) is 12.3 Å². The zero-order valence-electron chi connectivity index (χ0n) is 9.86. The Hall–Kier alpha value is -0.980. The standard InChI is InChI=1S/2C4H3F7/c2*5-1-2(6)3(7,8)4(9,10)11/h2*2H,1H2. The van der Waals surface area contributed by atoms with Crippen LogP contribution in [-0.4, -0.2) is 49.9 Å². The lowest BCUT2D eigenvalue weighted by molar-refractivity contribution is -0.304. The van der Waals surface area contributed by atoms with Gasteiger partial charge in [-0.3, -0.25) is 0 Å². The second kappa shape index (κ2) is 7.53. The molecule has 0 aromatic heterocycles. The van der Waals surface area contributed by atoms with Gasteiger partial charge in [0, 0.05) is 0 Å². The fraction of sp³-hybridized carbons (Fsp3) is 1.00. The van der Waals surface area contributed by atoms with Gasteiger partial charge in [-0.15, -0.1) is 0 Å². The van der Waals surface area contributed by atoms with Crippen molar-refractivity contribution >= 4 is 0 Å². The van der Waals surface area contributed by atoms with Crippen LogP contribution in [0.1, 0.15) is 0 Å². The Balaban J connectivity index is 0. The summed E-state index contributed by atoms with van der Waals surface area (Å²) in [5.41, 5.74) is 0. The molecule has 0 rings (SSSR count). The van der Waals surface area contributed by atoms with E-state index < -0.39 is 49.9 Å². The van der Waals surface area contributed by atoms with E-state index in [1.54, 1.807) is 0 Å². The molecule has 0 bridgehead atoms. The van der Waals surface area contributed by atoms with Crippen LogP contribution in [0, 0.1) is 0 Å². The maximum absolute atomic E-state index is 11.6. The van der Waals surface area contributed by atoms with Crippen molar-refractivity contribution < 1.29 is 61.5 Å². The maximum atomic E-state index is 11.6. The van der Waals surface area contributed by atoms with E-state index in [1.807, 2.05) is 0 Å². The van der Waals surface area contributed by atoms with Crippen molar-refractivity contribution in [1.82, 2.24) is 0 Å². The van der Waals surface area contributed by atoms with Gasteiger partial charge < -0.3 is 0 Å². The van der Waals surface area contributed by atoms with Gasteiger partial charge >= 0.3 is 24.2 Å². The molecule has 0 nitrogen and oxygen atoms in total. The molecule has 136 valence electrons. The van der Waals surface area contributed by atoms with Crippen LogP contribution in [0.5, 0.6) is 0 Å². The number of rotatable bonds is 4. The largest absolute Gasteiger partial charge is 0.456 e. The molecule has 0 saturated heterocycles. The third kappa shape index (κ3) is 5.66. The predicted octanol–water partition coefficient (Wildman–Crippen LogP) is 4.98. The number of halogens is 14. The lowest BCUT2D eigenvalue weighted by Crippen LogP contribution is -2.45. The van der Waals surface area contributed by atoms with Crippen molar-refractivity contribution in [2.24, 2.45) is 0 Å². The highest BCUT2D eigenvalue weighted by molar-refractivity contribution is 4.84. The lowest BCUT2D eigenvalue weighted by Gasteiger charge is -2.20. The molecule has 0 aromatic rings. The minimum Gasteiger partial charge on any atom is -0.248 e. The smallest absolute Gasteiger partial charge is 0.248 e. The van der Waals surface area contributed by atoms with Crippen LogP contribution in [-0.2, 0) is 0 Å². The second-order valence-corrected chi connectivity index (χ2v) is 3.49. The molecule has 0 saturated carbocycles. The first kappa shape index (κ1) is 23.3. The summed E-state index contributed by atoms with van der Waals surface area (Å²) in [5, 5.41) is 0. The van der Waals surface area contributed by atoms with Gasteiger partial charge in [-0.2, -0.15) is 43.9 Å². The van der Waals surface area contributed by atoms with Gasteiger partial charge in [0.1, 0.15) is 13.3 Å². The molecule has 0 radical (unpaired) electrons. The van der Waals surface area contributed by atoms with E-state index in [-0.39, 0.29) is 0 Å². The summed E-state index contributed by atoms with van der Waals surface area (Å²) in [5.74, 6) is -11.2. The molecule has 14 heteroatoms. The van der Waals surface area contributed by atoms with Crippen molar-refractivity contribution in [2.75, 3.05) is 13.3 Å². The Labute approximate surface area is 113 Å². The average Bonchev–Trinajstić information content (AvgIpc) is 2.34. The fourth-order valence-corrected chi connectivity index (χ4v) is 0.549. The van der Waals surface area contributed by atoms with E-state index in [1.165, 1.54) is 0 Å². The summed E-state index contributed by atoms with van der Waals surface area (Å²) in [6, 6.07) is 0. The minimum atomic E-state index is -6.03. The third-order valence-electron chi connectivity index (χ3n) is 1.81. The van der Waals surface area contributed by atoms with Crippen molar-refractivity contribution in [3.8, 4) is 0 Å². The van der Waals surface area contributed by atoms with Crippen LogP contribution in [0.25, 0.3) is 0 Å². The monoisotopic (exact) mass is 368 g/mol. The van der Waals surface area contributed by atoms with Crippen molar-refractivity contribution in [2.45, 2.75) is 36.5 Å². The third-order valence-corrected chi connectivity index (χ3v) is 1.81. The zero-order chi connectivity index (χ0) is 18.6. The highest BCUT2D eigenvalue weighted by Crippen LogP contribution is 2.40. The number of hydrogen-bond acceptors (Lipinski definition) is 0. The van der Waals surface area contributed by atoms with Crippen molar-refractivity contribution in [3.63, 3.8) is 0 Å². The normalized spacial score (nSPS) is 16.6. The molecule has 0 amide bonds. The van der Waals surface area contributed by atoms with E-state index in [0.29, 0.717) is 0 Å². The van der Waals surface area contributed by atoms with Gasteiger partial charge in [-0.1, -0.05) is 0 Å². The summed E-state index contributed by atoms with van der Waals surface area (Å²) in [6.07, 6.45) is -19.7. The Morgan fingerprint density at radius 3 is 0.727 bits per heavy atom. The molecule has 0 aliphatic carbocycles.